The number of benzene rings is 1. The van der Waals surface area contributed by atoms with Crippen LogP contribution in [0.2, 0.25) is 0 Å². The third-order valence-electron chi connectivity index (χ3n) is 4.21. The molecule has 1 atom stereocenters. The number of hydrogen-bond donors (Lipinski definition) is 2. The molecule has 0 aromatic heterocycles. The van der Waals surface area contributed by atoms with E-state index in [2.05, 4.69) is 21.7 Å². The molecule has 0 spiro atoms. The van der Waals surface area contributed by atoms with Crippen molar-refractivity contribution in [3.63, 3.8) is 0 Å². The molecule has 7 nitrogen and oxygen atoms in total. The Bertz CT molecular complexity index is 683. The number of carbonyl (C=O) groups excluding carboxylic acids is 1. The van der Waals surface area contributed by atoms with E-state index in [0.717, 1.165) is 36.5 Å². The number of nitrogens with one attached hydrogen (secondary N) is 2. The van der Waals surface area contributed by atoms with Crippen LogP contribution in [0.1, 0.15) is 38.3 Å². The van der Waals surface area contributed by atoms with E-state index >= 15 is 0 Å². The van der Waals surface area contributed by atoms with Gasteiger partial charge in [-0.3, -0.25) is 9.79 Å². The molecule has 0 amide bonds. The normalized spacial score (nSPS) is 16.7. The lowest BCUT2D eigenvalue weighted by atomic mass is 10.1. The molecule has 0 bridgehead atoms. The van der Waals surface area contributed by atoms with Gasteiger partial charge in [-0.25, -0.2) is 0 Å². The zero-order valence-electron chi connectivity index (χ0n) is 18.0. The van der Waals surface area contributed by atoms with Gasteiger partial charge in [0.15, 0.2) is 5.96 Å². The van der Waals surface area contributed by atoms with Gasteiger partial charge in [0.2, 0.25) is 0 Å². The van der Waals surface area contributed by atoms with Crippen LogP contribution < -0.4 is 15.4 Å². The highest BCUT2D eigenvalue weighted by atomic mass is 127. The van der Waals surface area contributed by atoms with E-state index in [1.54, 1.807) is 7.05 Å². The molecule has 1 aliphatic heterocycles. The predicted octanol–water partition coefficient (Wildman–Crippen LogP) is 3.04. The number of rotatable bonds is 7. The second-order valence-corrected chi connectivity index (χ2v) is 8.02. The first-order valence-corrected chi connectivity index (χ1v) is 9.73. The van der Waals surface area contributed by atoms with Crippen LogP contribution >= 0.6 is 24.0 Å². The van der Waals surface area contributed by atoms with Crippen molar-refractivity contribution in [1.82, 2.24) is 10.6 Å². The van der Waals surface area contributed by atoms with Crippen LogP contribution in [0.25, 0.3) is 0 Å². The number of hydrogen-bond acceptors (Lipinski definition) is 5. The third kappa shape index (κ3) is 9.66. The first-order valence-electron chi connectivity index (χ1n) is 9.73. The summed E-state index contributed by atoms with van der Waals surface area (Å²) in [5, 5.41) is 6.19. The number of halogens is 1. The highest BCUT2D eigenvalue weighted by molar-refractivity contribution is 14.0. The van der Waals surface area contributed by atoms with Gasteiger partial charge in [-0.15, -0.1) is 24.0 Å². The molecule has 1 unspecified atom stereocenters. The average Bonchev–Trinajstić information content (AvgIpc) is 3.13. The Kier molecular flexibility index (Phi) is 10.7. The maximum Gasteiger partial charge on any atom is 0.325 e. The van der Waals surface area contributed by atoms with Gasteiger partial charge in [-0.2, -0.15) is 0 Å². The van der Waals surface area contributed by atoms with E-state index in [-0.39, 0.29) is 36.5 Å². The Labute approximate surface area is 191 Å². The summed E-state index contributed by atoms with van der Waals surface area (Å²) in [5.74, 6) is 1.52. The number of ether oxygens (including phenoxy) is 3. The number of aryl methyl sites for hydroxylation is 1. The summed E-state index contributed by atoms with van der Waals surface area (Å²) >= 11 is 0. The molecular weight excluding hydrogens is 485 g/mol. The van der Waals surface area contributed by atoms with E-state index in [1.165, 1.54) is 0 Å². The Hall–Kier alpha value is -1.55. The Morgan fingerprint density at radius 1 is 1.31 bits per heavy atom. The number of carbonyl (C=O) groups is 1. The zero-order chi connectivity index (χ0) is 20.6. The summed E-state index contributed by atoms with van der Waals surface area (Å²) in [7, 11) is 1.66. The van der Waals surface area contributed by atoms with Crippen LogP contribution in [0.4, 0.5) is 0 Å². The number of esters is 1. The van der Waals surface area contributed by atoms with Gasteiger partial charge in [-0.05, 0) is 45.7 Å². The first kappa shape index (κ1) is 25.5. The van der Waals surface area contributed by atoms with Gasteiger partial charge in [0, 0.05) is 31.7 Å². The highest BCUT2D eigenvalue weighted by Crippen LogP contribution is 2.22. The van der Waals surface area contributed by atoms with E-state index < -0.39 is 5.60 Å². The summed E-state index contributed by atoms with van der Waals surface area (Å²) in [6, 6.07) is 6.15. The van der Waals surface area contributed by atoms with Gasteiger partial charge in [-0.1, -0.05) is 12.1 Å². The number of guanidine groups is 1. The topological polar surface area (TPSA) is 81.2 Å². The van der Waals surface area contributed by atoms with E-state index in [9.17, 15) is 4.79 Å². The van der Waals surface area contributed by atoms with Crippen molar-refractivity contribution in [3.05, 3.63) is 29.3 Å². The second kappa shape index (κ2) is 12.2. The molecule has 1 heterocycles. The van der Waals surface area contributed by atoms with Crippen LogP contribution in [0.3, 0.4) is 0 Å². The maximum atomic E-state index is 11.9. The van der Waals surface area contributed by atoms with Gasteiger partial charge in [0.1, 0.15) is 17.9 Å². The van der Waals surface area contributed by atoms with Gasteiger partial charge >= 0.3 is 5.97 Å². The number of nitrogens with zero attached hydrogens (tertiary/aromatic N) is 1. The lowest BCUT2D eigenvalue weighted by molar-refractivity contribution is -0.153. The van der Waals surface area contributed by atoms with E-state index in [0.29, 0.717) is 25.0 Å². The lowest BCUT2D eigenvalue weighted by Gasteiger charge is -2.20. The maximum absolute atomic E-state index is 11.9. The summed E-state index contributed by atoms with van der Waals surface area (Å²) in [6.45, 7) is 10.4. The third-order valence-corrected chi connectivity index (χ3v) is 4.21. The summed E-state index contributed by atoms with van der Waals surface area (Å²) < 4.78 is 16.8. The van der Waals surface area contributed by atoms with Crippen molar-refractivity contribution in [2.75, 3.05) is 33.4 Å². The molecule has 1 aromatic rings. The highest BCUT2D eigenvalue weighted by Gasteiger charge is 2.18. The van der Waals surface area contributed by atoms with Crippen LogP contribution in [-0.2, 0) is 20.8 Å². The Balaban J connectivity index is 0.00000420. The van der Waals surface area contributed by atoms with Crippen molar-refractivity contribution in [2.24, 2.45) is 10.9 Å². The number of aliphatic imine (C=N–C) groups is 1. The minimum atomic E-state index is -0.506. The van der Waals surface area contributed by atoms with Crippen LogP contribution in [-0.4, -0.2) is 50.9 Å². The summed E-state index contributed by atoms with van der Waals surface area (Å²) in [6.07, 6.45) is 1.04. The fourth-order valence-corrected chi connectivity index (χ4v) is 2.80. The fourth-order valence-electron chi connectivity index (χ4n) is 2.80. The molecule has 0 saturated carbocycles. The monoisotopic (exact) mass is 519 g/mol. The standard InChI is InChI=1S/C21H33N3O4.HI/c1-15-6-7-17(18(10-15)27-14-16-8-9-26-13-16)11-23-20(22-5)24-12-19(25)28-21(2,3)4;/h6-7,10,16H,8-9,11-14H2,1-5H3,(H2,22,23,24);1H. The Morgan fingerprint density at radius 2 is 2.07 bits per heavy atom. The molecule has 1 saturated heterocycles. The molecule has 2 N–H and O–H groups in total. The van der Waals surface area contributed by atoms with Crippen molar-refractivity contribution in [3.8, 4) is 5.75 Å². The van der Waals surface area contributed by atoms with Crippen molar-refractivity contribution >= 4 is 35.9 Å². The molecule has 1 aromatic carbocycles. The lowest BCUT2D eigenvalue weighted by Crippen LogP contribution is -2.41. The van der Waals surface area contributed by atoms with Crippen molar-refractivity contribution in [2.45, 2.75) is 46.3 Å². The van der Waals surface area contributed by atoms with Gasteiger partial charge in [0.25, 0.3) is 0 Å². The molecule has 29 heavy (non-hydrogen) atoms. The largest absolute Gasteiger partial charge is 0.493 e. The van der Waals surface area contributed by atoms with Crippen LogP contribution in [0.5, 0.6) is 5.75 Å². The SMILES string of the molecule is CN=C(NCC(=O)OC(C)(C)C)NCc1ccc(C)cc1OCC1CCOC1.I. The molecule has 1 fully saturated rings. The average molecular weight is 519 g/mol. The van der Waals surface area contributed by atoms with Crippen LogP contribution in [0, 0.1) is 12.8 Å². The quantitative estimate of drug-likeness (QED) is 0.250. The van der Waals surface area contributed by atoms with Crippen molar-refractivity contribution in [1.29, 1.82) is 0 Å². The zero-order valence-corrected chi connectivity index (χ0v) is 20.4. The molecule has 0 radical (unpaired) electrons. The van der Waals surface area contributed by atoms with E-state index in [1.807, 2.05) is 39.8 Å². The smallest absolute Gasteiger partial charge is 0.325 e. The van der Waals surface area contributed by atoms with Crippen LogP contribution in [0.15, 0.2) is 23.2 Å². The van der Waals surface area contributed by atoms with E-state index in [4.69, 9.17) is 14.2 Å². The minimum Gasteiger partial charge on any atom is -0.493 e. The fraction of sp³-hybridized carbons (Fsp3) is 0.619. The molecule has 1 aliphatic rings. The first-order chi connectivity index (χ1) is 13.3. The second-order valence-electron chi connectivity index (χ2n) is 8.02. The molecular formula is C21H34IN3O4. The molecule has 2 rings (SSSR count). The molecule has 8 heteroatoms. The van der Waals surface area contributed by atoms with Crippen molar-refractivity contribution < 1.29 is 19.0 Å². The summed E-state index contributed by atoms with van der Waals surface area (Å²) in [5.41, 5.74) is 1.67. The molecule has 0 aliphatic carbocycles. The predicted molar refractivity (Wildman–Crippen MR) is 125 cm³/mol. The van der Waals surface area contributed by atoms with Gasteiger partial charge in [0.05, 0.1) is 13.2 Å². The Morgan fingerprint density at radius 3 is 2.69 bits per heavy atom. The van der Waals surface area contributed by atoms with Gasteiger partial charge < -0.3 is 24.8 Å². The summed E-state index contributed by atoms with van der Waals surface area (Å²) in [4.78, 5) is 16.0. The minimum absolute atomic E-state index is 0. The molecule has 164 valence electrons.